The summed E-state index contributed by atoms with van der Waals surface area (Å²) >= 11 is 0. The number of carbonyl (C=O) groups excluding carboxylic acids is 3. The Morgan fingerprint density at radius 2 is 1.71 bits per heavy atom. The number of aromatic hydroxyl groups is 1. The van der Waals surface area contributed by atoms with Gasteiger partial charge in [-0.1, -0.05) is 30.3 Å². The number of nitrogens with two attached hydrogens (primary N) is 1. The van der Waals surface area contributed by atoms with Crippen LogP contribution in [0.1, 0.15) is 17.2 Å². The summed E-state index contributed by atoms with van der Waals surface area (Å²) in [7, 11) is 2.73. The second-order valence-electron chi connectivity index (χ2n) is 7.25. The molecule has 2 aliphatic rings. The maximum Gasteiger partial charge on any atom is 0.373 e. The first kappa shape index (κ1) is 18.2. The molecule has 0 bridgehead atoms. The third-order valence-corrected chi connectivity index (χ3v) is 5.94. The molecular formula is C21H21N2O5+. The maximum absolute atomic E-state index is 13.1. The molecule has 0 aromatic heterocycles. The van der Waals surface area contributed by atoms with Gasteiger partial charge in [-0.15, -0.1) is 0 Å². The van der Waals surface area contributed by atoms with E-state index in [-0.39, 0.29) is 17.6 Å². The molecule has 3 N–H and O–H groups in total. The number of nitrogens with zero attached hydrogens (tertiary/aromatic N) is 1. The molecule has 2 aromatic rings. The minimum absolute atomic E-state index is 0.103. The van der Waals surface area contributed by atoms with Crippen molar-refractivity contribution >= 4 is 17.8 Å². The van der Waals surface area contributed by atoms with Crippen LogP contribution in [-0.2, 0) is 24.7 Å². The minimum atomic E-state index is -1.36. The van der Waals surface area contributed by atoms with E-state index >= 15 is 0 Å². The summed E-state index contributed by atoms with van der Waals surface area (Å²) in [5, 5.41) is 11.4. The van der Waals surface area contributed by atoms with E-state index in [1.807, 2.05) is 6.07 Å². The molecule has 0 saturated carbocycles. The highest BCUT2D eigenvalue weighted by Crippen LogP contribution is 2.48. The number of carbonyl (C=O) groups is 3. The molecular weight excluding hydrogens is 360 g/mol. The molecule has 144 valence electrons. The van der Waals surface area contributed by atoms with Crippen LogP contribution in [-0.4, -0.2) is 41.9 Å². The molecule has 28 heavy (non-hydrogen) atoms. The van der Waals surface area contributed by atoms with Gasteiger partial charge in [0.15, 0.2) is 0 Å². The summed E-state index contributed by atoms with van der Waals surface area (Å²) in [5.74, 6) is -2.74. The van der Waals surface area contributed by atoms with Gasteiger partial charge in [0.1, 0.15) is 23.6 Å². The number of hydrogen-bond donors (Lipinski definition) is 2. The largest absolute Gasteiger partial charge is 0.508 e. The number of amides is 2. The molecule has 7 nitrogen and oxygen atoms in total. The predicted octanol–water partition coefficient (Wildman–Crippen LogP) is 0.310. The third-order valence-electron chi connectivity index (χ3n) is 5.94. The Kier molecular flexibility index (Phi) is 4.19. The Hall–Kier alpha value is -3.19. The van der Waals surface area contributed by atoms with E-state index in [2.05, 4.69) is 0 Å². The fraction of sp³-hybridized carbons (Fsp3) is 0.286. The van der Waals surface area contributed by atoms with Gasteiger partial charge in [0.05, 0.1) is 7.11 Å². The number of fused-ring (bicyclic) bond motifs is 1. The van der Waals surface area contributed by atoms with Gasteiger partial charge in [-0.3, -0.25) is 14.5 Å². The van der Waals surface area contributed by atoms with Crippen molar-refractivity contribution < 1.29 is 29.5 Å². The number of imide groups is 1. The zero-order chi connectivity index (χ0) is 20.1. The average Bonchev–Trinajstić information content (AvgIpc) is 3.19. The lowest BCUT2D eigenvalue weighted by atomic mass is 9.75. The number of quaternary nitrogens is 1. The number of rotatable bonds is 3. The van der Waals surface area contributed by atoms with Gasteiger partial charge in [0.2, 0.25) is 17.4 Å². The van der Waals surface area contributed by atoms with Gasteiger partial charge in [-0.05, 0) is 24.3 Å². The first-order valence-corrected chi connectivity index (χ1v) is 9.02. The van der Waals surface area contributed by atoms with Crippen LogP contribution in [0.15, 0.2) is 54.6 Å². The number of phenolic OH excluding ortho intramolecular Hbond substituents is 1. The molecule has 2 heterocycles. The number of methoxy groups -OCH3 is 1. The highest BCUT2D eigenvalue weighted by Gasteiger charge is 2.72. The number of esters is 1. The van der Waals surface area contributed by atoms with Gasteiger partial charge < -0.3 is 15.2 Å². The lowest BCUT2D eigenvalue weighted by molar-refractivity contribution is -0.742. The lowest BCUT2D eigenvalue weighted by Gasteiger charge is -2.29. The van der Waals surface area contributed by atoms with Crippen molar-refractivity contribution in [2.24, 2.45) is 11.8 Å². The molecule has 2 fully saturated rings. The molecule has 4 rings (SSSR count). The van der Waals surface area contributed by atoms with Crippen molar-refractivity contribution in [3.05, 3.63) is 65.7 Å². The van der Waals surface area contributed by atoms with Crippen LogP contribution in [0, 0.1) is 11.8 Å². The Balaban J connectivity index is 1.94. The van der Waals surface area contributed by atoms with Crippen molar-refractivity contribution in [2.75, 3.05) is 14.2 Å². The first-order chi connectivity index (χ1) is 13.4. The second-order valence-corrected chi connectivity index (χ2v) is 7.25. The van der Waals surface area contributed by atoms with Crippen LogP contribution in [0.4, 0.5) is 0 Å². The van der Waals surface area contributed by atoms with Crippen LogP contribution >= 0.6 is 0 Å². The maximum atomic E-state index is 13.1. The van der Waals surface area contributed by atoms with E-state index in [9.17, 15) is 19.5 Å². The Bertz CT molecular complexity index is 943. The number of likely N-dealkylation sites (tertiary alicyclic amines) is 1. The fourth-order valence-corrected chi connectivity index (χ4v) is 4.64. The standard InChI is InChI=1S/C21H20N2O5/c1-23-18(25)15-16(19(23)26)21(20(27)28-2,13-6-4-3-5-7-13)22-17(15)12-8-10-14(24)11-9-12/h3-11,15-17,22,24H,1-2H3/p+1/t15-,16+,17+,21-/m1/s1. The van der Waals surface area contributed by atoms with Crippen LogP contribution in [0.25, 0.3) is 0 Å². The molecule has 4 atom stereocenters. The number of hydrogen-bond acceptors (Lipinski definition) is 5. The molecule has 2 aliphatic heterocycles. The summed E-state index contributed by atoms with van der Waals surface area (Å²) < 4.78 is 5.13. The molecule has 0 aliphatic carbocycles. The molecule has 0 spiro atoms. The summed E-state index contributed by atoms with van der Waals surface area (Å²) in [6, 6.07) is 15.0. The monoisotopic (exact) mass is 381 g/mol. The molecule has 2 aromatic carbocycles. The van der Waals surface area contributed by atoms with E-state index in [1.165, 1.54) is 26.3 Å². The highest BCUT2D eigenvalue weighted by atomic mass is 16.5. The van der Waals surface area contributed by atoms with Crippen LogP contribution in [0.3, 0.4) is 0 Å². The van der Waals surface area contributed by atoms with Crippen molar-refractivity contribution in [3.63, 3.8) is 0 Å². The van der Waals surface area contributed by atoms with Gasteiger partial charge in [0.25, 0.3) is 0 Å². The van der Waals surface area contributed by atoms with Gasteiger partial charge in [0, 0.05) is 18.2 Å². The minimum Gasteiger partial charge on any atom is -0.508 e. The molecule has 0 radical (unpaired) electrons. The number of phenols is 1. The van der Waals surface area contributed by atoms with E-state index < -0.39 is 29.4 Å². The highest BCUT2D eigenvalue weighted by molar-refractivity contribution is 6.08. The summed E-state index contributed by atoms with van der Waals surface area (Å²) in [4.78, 5) is 40.2. The van der Waals surface area contributed by atoms with Crippen molar-refractivity contribution in [2.45, 2.75) is 11.6 Å². The predicted molar refractivity (Wildman–Crippen MR) is 97.7 cm³/mol. The smallest absolute Gasteiger partial charge is 0.373 e. The van der Waals surface area contributed by atoms with E-state index in [0.717, 1.165) is 10.5 Å². The molecule has 2 amide bonds. The zero-order valence-corrected chi connectivity index (χ0v) is 15.5. The van der Waals surface area contributed by atoms with E-state index in [4.69, 9.17) is 4.74 Å². The van der Waals surface area contributed by atoms with Crippen molar-refractivity contribution in [1.82, 2.24) is 4.90 Å². The third kappa shape index (κ3) is 2.36. The molecule has 7 heteroatoms. The van der Waals surface area contributed by atoms with Gasteiger partial charge in [-0.25, -0.2) is 4.79 Å². The quantitative estimate of drug-likeness (QED) is 0.589. The first-order valence-electron chi connectivity index (χ1n) is 9.02. The van der Waals surface area contributed by atoms with Crippen molar-refractivity contribution in [3.8, 4) is 5.75 Å². The van der Waals surface area contributed by atoms with Crippen molar-refractivity contribution in [1.29, 1.82) is 0 Å². The Morgan fingerprint density at radius 3 is 2.32 bits per heavy atom. The van der Waals surface area contributed by atoms with Crippen LogP contribution < -0.4 is 5.32 Å². The lowest BCUT2D eigenvalue weighted by Crippen LogP contribution is -2.96. The fourth-order valence-electron chi connectivity index (χ4n) is 4.64. The normalized spacial score (nSPS) is 29.1. The number of ether oxygens (including phenoxy) is 1. The van der Waals surface area contributed by atoms with Gasteiger partial charge >= 0.3 is 5.97 Å². The van der Waals surface area contributed by atoms with E-state index in [0.29, 0.717) is 5.56 Å². The summed E-state index contributed by atoms with van der Waals surface area (Å²) in [5.41, 5.74) is 0.0151. The Morgan fingerprint density at radius 1 is 1.07 bits per heavy atom. The average molecular weight is 381 g/mol. The Labute approximate surface area is 161 Å². The molecule has 0 unspecified atom stereocenters. The van der Waals surface area contributed by atoms with Crippen LogP contribution in [0.5, 0.6) is 5.75 Å². The second kappa shape index (κ2) is 6.45. The summed E-state index contributed by atoms with van der Waals surface area (Å²) in [6.45, 7) is 0. The molecule has 2 saturated heterocycles. The SMILES string of the molecule is COC(=O)[C@]1(c2ccccc2)[NH2+][C@@H](c2ccc(O)cc2)[C@@H]2C(=O)N(C)C(=O)[C@H]21. The topological polar surface area (TPSA) is 101 Å². The zero-order valence-electron chi connectivity index (χ0n) is 15.5. The van der Waals surface area contributed by atoms with E-state index in [1.54, 1.807) is 41.7 Å². The summed E-state index contributed by atoms with van der Waals surface area (Å²) in [6.07, 6.45) is 0. The number of benzene rings is 2. The van der Waals surface area contributed by atoms with Gasteiger partial charge in [-0.2, -0.15) is 0 Å². The van der Waals surface area contributed by atoms with Crippen LogP contribution in [0.2, 0.25) is 0 Å².